The Bertz CT molecular complexity index is 513. The van der Waals surface area contributed by atoms with Crippen LogP contribution < -0.4 is 4.74 Å². The van der Waals surface area contributed by atoms with Crippen LogP contribution in [-0.4, -0.2) is 14.2 Å². The highest BCUT2D eigenvalue weighted by Crippen LogP contribution is 2.21. The van der Waals surface area contributed by atoms with E-state index in [1.165, 1.54) is 0 Å². The van der Waals surface area contributed by atoms with Crippen LogP contribution in [0.1, 0.15) is 11.1 Å². The van der Waals surface area contributed by atoms with Crippen LogP contribution in [0.15, 0.2) is 54.6 Å². The molecular formula is C16H16O2. The summed E-state index contributed by atoms with van der Waals surface area (Å²) in [6.45, 7) is 0. The van der Waals surface area contributed by atoms with E-state index in [1.54, 1.807) is 14.2 Å². The molecule has 0 aromatic heterocycles. The molecule has 0 atom stereocenters. The molecule has 2 aromatic carbocycles. The summed E-state index contributed by atoms with van der Waals surface area (Å²) >= 11 is 0. The summed E-state index contributed by atoms with van der Waals surface area (Å²) in [4.78, 5) is 0. The number of hydrogen-bond donors (Lipinski definition) is 0. The van der Waals surface area contributed by atoms with E-state index >= 15 is 0 Å². The van der Waals surface area contributed by atoms with Crippen LogP contribution >= 0.6 is 0 Å². The first kappa shape index (κ1) is 12.2. The Kier molecular flexibility index (Phi) is 4.02. The van der Waals surface area contributed by atoms with E-state index in [-0.39, 0.29) is 0 Å². The van der Waals surface area contributed by atoms with E-state index in [0.29, 0.717) is 0 Å². The van der Waals surface area contributed by atoms with Gasteiger partial charge >= 0.3 is 0 Å². The topological polar surface area (TPSA) is 18.5 Å². The van der Waals surface area contributed by atoms with Crippen LogP contribution in [0.4, 0.5) is 0 Å². The van der Waals surface area contributed by atoms with E-state index < -0.39 is 0 Å². The zero-order chi connectivity index (χ0) is 12.8. The van der Waals surface area contributed by atoms with Crippen molar-refractivity contribution < 1.29 is 9.47 Å². The second-order valence-electron chi connectivity index (χ2n) is 3.85. The van der Waals surface area contributed by atoms with Crippen molar-refractivity contribution in [3.8, 4) is 5.75 Å². The van der Waals surface area contributed by atoms with E-state index in [4.69, 9.17) is 9.47 Å². The molecule has 0 fully saturated rings. The van der Waals surface area contributed by atoms with Crippen LogP contribution in [0.3, 0.4) is 0 Å². The molecule has 0 radical (unpaired) electrons. The first-order valence-electron chi connectivity index (χ1n) is 5.78. The minimum absolute atomic E-state index is 0.837. The monoisotopic (exact) mass is 240 g/mol. The van der Waals surface area contributed by atoms with Crippen molar-refractivity contribution in [3.63, 3.8) is 0 Å². The Hall–Kier alpha value is -2.22. The Balaban J connectivity index is 2.30. The van der Waals surface area contributed by atoms with E-state index in [1.807, 2.05) is 60.7 Å². The maximum Gasteiger partial charge on any atom is 0.126 e. The first-order valence-corrected chi connectivity index (χ1v) is 5.78. The molecule has 18 heavy (non-hydrogen) atoms. The Morgan fingerprint density at radius 1 is 0.889 bits per heavy atom. The fourth-order valence-corrected chi connectivity index (χ4v) is 1.72. The standard InChI is InChI=1S/C16H16O2/c1-17-15-10-8-14(9-11-15)16(18-2)12-13-6-4-3-5-7-13/h3-12H,1-2H3/b16-12+. The third-order valence-corrected chi connectivity index (χ3v) is 2.69. The molecule has 2 aromatic rings. The van der Waals surface area contributed by atoms with Gasteiger partial charge in [-0.1, -0.05) is 30.3 Å². The van der Waals surface area contributed by atoms with Gasteiger partial charge in [0.2, 0.25) is 0 Å². The first-order chi connectivity index (χ1) is 8.83. The zero-order valence-corrected chi connectivity index (χ0v) is 10.6. The van der Waals surface area contributed by atoms with Crippen molar-refractivity contribution in [2.45, 2.75) is 0 Å². The molecule has 0 aliphatic carbocycles. The smallest absolute Gasteiger partial charge is 0.126 e. The number of ether oxygens (including phenoxy) is 2. The molecule has 2 nitrogen and oxygen atoms in total. The molecule has 2 heteroatoms. The van der Waals surface area contributed by atoms with Gasteiger partial charge in [0.1, 0.15) is 11.5 Å². The molecule has 0 unspecified atom stereocenters. The quantitative estimate of drug-likeness (QED) is 0.597. The summed E-state index contributed by atoms with van der Waals surface area (Å²) in [6.07, 6.45) is 2.02. The average molecular weight is 240 g/mol. The van der Waals surface area contributed by atoms with Gasteiger partial charge in [-0.2, -0.15) is 0 Å². The van der Waals surface area contributed by atoms with Gasteiger partial charge in [-0.3, -0.25) is 0 Å². The van der Waals surface area contributed by atoms with E-state index in [0.717, 1.165) is 22.6 Å². The normalized spacial score (nSPS) is 11.1. The lowest BCUT2D eigenvalue weighted by atomic mass is 10.1. The van der Waals surface area contributed by atoms with Crippen LogP contribution in [0.2, 0.25) is 0 Å². The molecule has 92 valence electrons. The summed E-state index contributed by atoms with van der Waals surface area (Å²) in [5, 5.41) is 0. The van der Waals surface area contributed by atoms with Gasteiger partial charge in [0.25, 0.3) is 0 Å². The maximum atomic E-state index is 5.43. The summed E-state index contributed by atoms with van der Waals surface area (Å²) in [5.74, 6) is 1.68. The molecule has 0 amide bonds. The maximum absolute atomic E-state index is 5.43. The number of benzene rings is 2. The third-order valence-electron chi connectivity index (χ3n) is 2.69. The van der Waals surface area contributed by atoms with Gasteiger partial charge in [0.15, 0.2) is 0 Å². The second-order valence-corrected chi connectivity index (χ2v) is 3.85. The van der Waals surface area contributed by atoms with Crippen LogP contribution in [0.25, 0.3) is 11.8 Å². The lowest BCUT2D eigenvalue weighted by molar-refractivity contribution is 0.372. The van der Waals surface area contributed by atoms with Gasteiger partial charge in [-0.25, -0.2) is 0 Å². The molecular weight excluding hydrogens is 224 g/mol. The number of methoxy groups -OCH3 is 2. The van der Waals surface area contributed by atoms with Gasteiger partial charge < -0.3 is 9.47 Å². The molecule has 0 saturated carbocycles. The van der Waals surface area contributed by atoms with Crippen LogP contribution in [0.5, 0.6) is 5.75 Å². The Labute approximate surface area is 107 Å². The highest BCUT2D eigenvalue weighted by Gasteiger charge is 2.02. The fourth-order valence-electron chi connectivity index (χ4n) is 1.72. The molecule has 0 aliphatic rings. The van der Waals surface area contributed by atoms with Gasteiger partial charge in [0.05, 0.1) is 14.2 Å². The van der Waals surface area contributed by atoms with E-state index in [9.17, 15) is 0 Å². The van der Waals surface area contributed by atoms with Crippen molar-refractivity contribution in [2.24, 2.45) is 0 Å². The Morgan fingerprint density at radius 3 is 2.11 bits per heavy atom. The highest BCUT2D eigenvalue weighted by molar-refractivity contribution is 5.77. The van der Waals surface area contributed by atoms with E-state index in [2.05, 4.69) is 0 Å². The number of hydrogen-bond acceptors (Lipinski definition) is 2. The molecule has 2 rings (SSSR count). The minimum atomic E-state index is 0.837. The second kappa shape index (κ2) is 5.92. The average Bonchev–Trinajstić information content (AvgIpc) is 2.46. The van der Waals surface area contributed by atoms with Crippen molar-refractivity contribution in [1.82, 2.24) is 0 Å². The fraction of sp³-hybridized carbons (Fsp3) is 0.125. The molecule has 0 spiro atoms. The molecule has 0 bridgehead atoms. The summed E-state index contributed by atoms with van der Waals surface area (Å²) < 4.78 is 10.6. The van der Waals surface area contributed by atoms with Crippen molar-refractivity contribution in [1.29, 1.82) is 0 Å². The molecule has 0 saturated heterocycles. The van der Waals surface area contributed by atoms with Crippen molar-refractivity contribution in [3.05, 3.63) is 65.7 Å². The molecule has 0 heterocycles. The van der Waals surface area contributed by atoms with Crippen molar-refractivity contribution in [2.75, 3.05) is 14.2 Å². The van der Waals surface area contributed by atoms with Gasteiger partial charge in [0, 0.05) is 5.56 Å². The number of rotatable bonds is 4. The summed E-state index contributed by atoms with van der Waals surface area (Å²) in [5.41, 5.74) is 2.15. The molecule has 0 aliphatic heterocycles. The van der Waals surface area contributed by atoms with Crippen LogP contribution in [-0.2, 0) is 4.74 Å². The predicted octanol–water partition coefficient (Wildman–Crippen LogP) is 3.84. The lowest BCUT2D eigenvalue weighted by Crippen LogP contribution is -1.88. The summed E-state index contributed by atoms with van der Waals surface area (Å²) in [7, 11) is 3.34. The van der Waals surface area contributed by atoms with Gasteiger partial charge in [-0.15, -0.1) is 0 Å². The molecule has 0 N–H and O–H groups in total. The van der Waals surface area contributed by atoms with Crippen LogP contribution in [0, 0.1) is 0 Å². The van der Waals surface area contributed by atoms with Gasteiger partial charge in [-0.05, 0) is 35.9 Å². The third kappa shape index (κ3) is 2.92. The lowest BCUT2D eigenvalue weighted by Gasteiger charge is -2.07. The SMILES string of the molecule is CO/C(=C/c1ccccc1)c1ccc(OC)cc1. The summed E-state index contributed by atoms with van der Waals surface area (Å²) in [6, 6.07) is 17.9. The predicted molar refractivity (Wildman–Crippen MR) is 74.3 cm³/mol. The zero-order valence-electron chi connectivity index (χ0n) is 10.6. The Morgan fingerprint density at radius 2 is 1.56 bits per heavy atom. The minimum Gasteiger partial charge on any atom is -0.497 e. The highest BCUT2D eigenvalue weighted by atomic mass is 16.5. The largest absolute Gasteiger partial charge is 0.497 e. The van der Waals surface area contributed by atoms with Crippen molar-refractivity contribution >= 4 is 11.8 Å².